The average Bonchev–Trinajstić information content (AvgIpc) is 2.52. The van der Waals surface area contributed by atoms with Crippen LogP contribution in [0.15, 0.2) is 30.3 Å². The molecule has 1 fully saturated rings. The summed E-state index contributed by atoms with van der Waals surface area (Å²) >= 11 is 0. The number of benzene rings is 1. The van der Waals surface area contributed by atoms with Crippen molar-refractivity contribution < 1.29 is 29.0 Å². The Balaban J connectivity index is 2.57. The molecule has 0 unspecified atom stereocenters. The van der Waals surface area contributed by atoms with Gasteiger partial charge in [-0.1, -0.05) is 30.3 Å². The van der Waals surface area contributed by atoms with Crippen molar-refractivity contribution in [3.8, 4) is 0 Å². The van der Waals surface area contributed by atoms with Crippen LogP contribution in [0, 0.1) is 11.8 Å². The van der Waals surface area contributed by atoms with Crippen LogP contribution < -0.4 is 0 Å². The summed E-state index contributed by atoms with van der Waals surface area (Å²) in [5.41, 5.74) is -1.01. The average molecular weight is 376 g/mol. The van der Waals surface area contributed by atoms with Crippen LogP contribution in [0.5, 0.6) is 0 Å². The van der Waals surface area contributed by atoms with Crippen molar-refractivity contribution in [1.29, 1.82) is 0 Å². The third-order valence-electron chi connectivity index (χ3n) is 4.66. The molecule has 0 bridgehead atoms. The first kappa shape index (κ1) is 21.1. The van der Waals surface area contributed by atoms with Gasteiger partial charge in [-0.05, 0) is 40.2 Å². The molecule has 2 rings (SSSR count). The number of esters is 2. The van der Waals surface area contributed by atoms with Crippen LogP contribution in [0.1, 0.15) is 52.5 Å². The number of hydrogen-bond acceptors (Lipinski definition) is 6. The Labute approximate surface area is 159 Å². The number of Topliss-reactive ketones (excluding diaryl/α,β-unsaturated/α-hetero) is 1. The first-order valence-electron chi connectivity index (χ1n) is 9.25. The van der Waals surface area contributed by atoms with Gasteiger partial charge in [0.2, 0.25) is 0 Å². The number of ketones is 1. The van der Waals surface area contributed by atoms with Crippen LogP contribution in [0.4, 0.5) is 0 Å². The van der Waals surface area contributed by atoms with E-state index in [1.807, 2.05) is 0 Å². The maximum absolute atomic E-state index is 12.9. The van der Waals surface area contributed by atoms with E-state index < -0.39 is 47.2 Å². The van der Waals surface area contributed by atoms with Gasteiger partial charge >= 0.3 is 11.9 Å². The third kappa shape index (κ3) is 4.75. The Kier molecular flexibility index (Phi) is 6.42. The SMILES string of the molecule is CC(C)OC(=O)[C@@H]1C(=O)C[C@](C)(O)[C@@H](C(=O)OC(C)C)[C@@H]1c1ccccc1. The molecule has 1 aliphatic carbocycles. The highest BCUT2D eigenvalue weighted by atomic mass is 16.5. The van der Waals surface area contributed by atoms with Gasteiger partial charge < -0.3 is 14.6 Å². The van der Waals surface area contributed by atoms with Gasteiger partial charge in [0.1, 0.15) is 5.92 Å². The number of aliphatic hydroxyl groups is 1. The van der Waals surface area contributed by atoms with Gasteiger partial charge in [-0.25, -0.2) is 0 Å². The van der Waals surface area contributed by atoms with Gasteiger partial charge in [0.15, 0.2) is 5.78 Å². The highest BCUT2D eigenvalue weighted by Crippen LogP contribution is 2.46. The second-order valence-corrected chi connectivity index (χ2v) is 7.86. The lowest BCUT2D eigenvalue weighted by atomic mass is 9.61. The van der Waals surface area contributed by atoms with Gasteiger partial charge in [-0.2, -0.15) is 0 Å². The van der Waals surface area contributed by atoms with E-state index in [1.54, 1.807) is 58.0 Å². The van der Waals surface area contributed by atoms with Crippen molar-refractivity contribution in [1.82, 2.24) is 0 Å². The fourth-order valence-electron chi connectivity index (χ4n) is 3.70. The summed E-state index contributed by atoms with van der Waals surface area (Å²) in [6.45, 7) is 8.26. The number of rotatable bonds is 5. The lowest BCUT2D eigenvalue weighted by Gasteiger charge is -2.44. The minimum absolute atomic E-state index is 0.313. The Morgan fingerprint density at radius 1 is 1.04 bits per heavy atom. The highest BCUT2D eigenvalue weighted by molar-refractivity contribution is 6.02. The summed E-state index contributed by atoms with van der Waals surface area (Å²) in [4.78, 5) is 38.4. The Morgan fingerprint density at radius 3 is 2.07 bits per heavy atom. The van der Waals surface area contributed by atoms with Crippen molar-refractivity contribution in [2.45, 2.75) is 64.8 Å². The number of hydrogen-bond donors (Lipinski definition) is 1. The van der Waals surface area contributed by atoms with E-state index in [0.29, 0.717) is 5.56 Å². The van der Waals surface area contributed by atoms with E-state index in [1.165, 1.54) is 6.92 Å². The van der Waals surface area contributed by atoms with Gasteiger partial charge in [0.25, 0.3) is 0 Å². The fraction of sp³-hybridized carbons (Fsp3) is 0.571. The molecular weight excluding hydrogens is 348 g/mol. The molecule has 1 N–H and O–H groups in total. The lowest BCUT2D eigenvalue weighted by molar-refractivity contribution is -0.176. The monoisotopic (exact) mass is 376 g/mol. The molecule has 1 aliphatic rings. The number of ether oxygens (including phenoxy) is 2. The molecular formula is C21H28O6. The fourth-order valence-corrected chi connectivity index (χ4v) is 3.70. The summed E-state index contributed by atoms with van der Waals surface area (Å²) in [5, 5.41) is 10.9. The quantitative estimate of drug-likeness (QED) is 0.628. The van der Waals surface area contributed by atoms with Crippen LogP contribution in [-0.4, -0.2) is 40.6 Å². The van der Waals surface area contributed by atoms with Crippen LogP contribution in [0.25, 0.3) is 0 Å². The van der Waals surface area contributed by atoms with Crippen LogP contribution >= 0.6 is 0 Å². The molecule has 0 spiro atoms. The van der Waals surface area contributed by atoms with Crippen LogP contribution in [-0.2, 0) is 23.9 Å². The van der Waals surface area contributed by atoms with Gasteiger partial charge in [-0.3, -0.25) is 14.4 Å². The molecule has 6 nitrogen and oxygen atoms in total. The van der Waals surface area contributed by atoms with E-state index in [4.69, 9.17) is 9.47 Å². The second-order valence-electron chi connectivity index (χ2n) is 7.86. The summed E-state index contributed by atoms with van der Waals surface area (Å²) in [6.07, 6.45) is -1.10. The minimum Gasteiger partial charge on any atom is -0.463 e. The molecule has 1 saturated carbocycles. The van der Waals surface area contributed by atoms with E-state index >= 15 is 0 Å². The van der Waals surface area contributed by atoms with Crippen LogP contribution in [0.3, 0.4) is 0 Å². The standard InChI is InChI=1S/C21H28O6/c1-12(2)26-19(23)17-15(22)11-21(5,25)18(20(24)27-13(3)4)16(17)14-9-7-6-8-10-14/h6-10,12-13,16-18,25H,11H2,1-5H3/t16-,17-,18-,21+/m1/s1. The van der Waals surface area contributed by atoms with Gasteiger partial charge in [0.05, 0.1) is 23.7 Å². The number of carbonyl (C=O) groups is 3. The first-order chi connectivity index (χ1) is 12.5. The van der Waals surface area contributed by atoms with Gasteiger partial charge in [-0.15, -0.1) is 0 Å². The summed E-state index contributed by atoms with van der Waals surface area (Å²) < 4.78 is 10.7. The maximum Gasteiger partial charge on any atom is 0.317 e. The largest absolute Gasteiger partial charge is 0.463 e. The second kappa shape index (κ2) is 8.21. The Hall–Kier alpha value is -2.21. The molecule has 148 valence electrons. The first-order valence-corrected chi connectivity index (χ1v) is 9.25. The molecule has 0 aliphatic heterocycles. The van der Waals surface area contributed by atoms with Crippen molar-refractivity contribution in [3.63, 3.8) is 0 Å². The smallest absolute Gasteiger partial charge is 0.317 e. The summed E-state index contributed by atoms with van der Waals surface area (Å²) in [5.74, 6) is -4.84. The molecule has 0 amide bonds. The van der Waals surface area contributed by atoms with E-state index in [0.717, 1.165) is 0 Å². The Bertz CT molecular complexity index is 684. The molecule has 27 heavy (non-hydrogen) atoms. The molecule has 1 aromatic rings. The molecule has 4 atom stereocenters. The van der Waals surface area contributed by atoms with E-state index in [-0.39, 0.29) is 12.5 Å². The van der Waals surface area contributed by atoms with Crippen molar-refractivity contribution >= 4 is 17.7 Å². The van der Waals surface area contributed by atoms with Crippen molar-refractivity contribution in [2.24, 2.45) is 11.8 Å². The zero-order valence-electron chi connectivity index (χ0n) is 16.5. The number of carbonyl (C=O) groups excluding carboxylic acids is 3. The normalized spacial score (nSPS) is 28.3. The Morgan fingerprint density at radius 2 is 1.56 bits per heavy atom. The molecule has 0 aromatic heterocycles. The summed E-state index contributed by atoms with van der Waals surface area (Å²) in [7, 11) is 0. The molecule has 0 radical (unpaired) electrons. The predicted octanol–water partition coefficient (Wildman–Crippen LogP) is 2.63. The van der Waals surface area contributed by atoms with Crippen molar-refractivity contribution in [2.75, 3.05) is 0 Å². The zero-order chi connectivity index (χ0) is 20.4. The topological polar surface area (TPSA) is 89.9 Å². The highest BCUT2D eigenvalue weighted by Gasteiger charge is 2.57. The van der Waals surface area contributed by atoms with Crippen LogP contribution in [0.2, 0.25) is 0 Å². The van der Waals surface area contributed by atoms with E-state index in [9.17, 15) is 19.5 Å². The van der Waals surface area contributed by atoms with Crippen molar-refractivity contribution in [3.05, 3.63) is 35.9 Å². The molecule has 0 heterocycles. The molecule has 0 saturated heterocycles. The molecule has 1 aromatic carbocycles. The predicted molar refractivity (Wildman–Crippen MR) is 98.9 cm³/mol. The minimum atomic E-state index is -1.63. The third-order valence-corrected chi connectivity index (χ3v) is 4.66. The lowest BCUT2D eigenvalue weighted by Crippen LogP contribution is -2.55. The zero-order valence-corrected chi connectivity index (χ0v) is 16.5. The van der Waals surface area contributed by atoms with Gasteiger partial charge in [0, 0.05) is 12.3 Å². The van der Waals surface area contributed by atoms with E-state index in [2.05, 4.69) is 0 Å². The summed E-state index contributed by atoms with van der Waals surface area (Å²) in [6, 6.07) is 8.81. The molecule has 6 heteroatoms. The maximum atomic E-state index is 12.9.